The Bertz CT molecular complexity index is 179. The normalized spacial score (nSPS) is 10.0. The molecule has 0 aromatic rings. The fourth-order valence-electron chi connectivity index (χ4n) is 1.07. The van der Waals surface area contributed by atoms with Crippen molar-refractivity contribution in [2.75, 3.05) is 13.1 Å². The van der Waals surface area contributed by atoms with E-state index in [-0.39, 0.29) is 5.78 Å². The topological polar surface area (TPSA) is 29.1 Å². The second-order valence-electron chi connectivity index (χ2n) is 3.63. The number of nitrogens with one attached hydrogen (secondary N) is 1. The SMILES string of the molecule is C#CCNCC(=O)CCCC(C)C. The standard InChI is InChI=1S/C11H19NO/c1-4-8-12-9-11(13)7-5-6-10(2)3/h1,10,12H,5-9H2,2-3H3. The van der Waals surface area contributed by atoms with Crippen molar-refractivity contribution < 1.29 is 4.79 Å². The number of hydrogen-bond donors (Lipinski definition) is 1. The predicted molar refractivity (Wildman–Crippen MR) is 55.4 cm³/mol. The van der Waals surface area contributed by atoms with Crippen LogP contribution in [-0.2, 0) is 4.79 Å². The fraction of sp³-hybridized carbons (Fsp3) is 0.727. The molecule has 0 aromatic heterocycles. The molecule has 74 valence electrons. The lowest BCUT2D eigenvalue weighted by atomic mass is 10.1. The average Bonchev–Trinajstić information content (AvgIpc) is 2.04. The maximum atomic E-state index is 11.2. The first-order valence-electron chi connectivity index (χ1n) is 4.82. The lowest BCUT2D eigenvalue weighted by Crippen LogP contribution is -2.22. The van der Waals surface area contributed by atoms with E-state index in [1.54, 1.807) is 0 Å². The van der Waals surface area contributed by atoms with Crippen LogP contribution in [0.3, 0.4) is 0 Å². The van der Waals surface area contributed by atoms with Crippen LogP contribution < -0.4 is 5.32 Å². The van der Waals surface area contributed by atoms with E-state index in [9.17, 15) is 4.79 Å². The lowest BCUT2D eigenvalue weighted by molar-refractivity contribution is -0.118. The summed E-state index contributed by atoms with van der Waals surface area (Å²) in [5, 5.41) is 2.89. The quantitative estimate of drug-likeness (QED) is 0.477. The van der Waals surface area contributed by atoms with E-state index in [1.807, 2.05) is 0 Å². The summed E-state index contributed by atoms with van der Waals surface area (Å²) in [6.07, 6.45) is 7.83. The summed E-state index contributed by atoms with van der Waals surface area (Å²) in [5.41, 5.74) is 0. The molecular weight excluding hydrogens is 162 g/mol. The molecule has 0 saturated heterocycles. The van der Waals surface area contributed by atoms with Gasteiger partial charge < -0.3 is 0 Å². The van der Waals surface area contributed by atoms with Gasteiger partial charge in [-0.05, 0) is 12.3 Å². The minimum atomic E-state index is 0.260. The Balaban J connectivity index is 3.26. The molecule has 0 saturated carbocycles. The first kappa shape index (κ1) is 12.2. The molecule has 0 amide bonds. The highest BCUT2D eigenvalue weighted by Crippen LogP contribution is 2.05. The molecule has 0 aromatic carbocycles. The van der Waals surface area contributed by atoms with E-state index >= 15 is 0 Å². The Kier molecular flexibility index (Phi) is 7.33. The number of rotatable bonds is 7. The minimum absolute atomic E-state index is 0.260. The summed E-state index contributed by atoms with van der Waals surface area (Å²) in [5.74, 6) is 3.38. The van der Waals surface area contributed by atoms with Crippen LogP contribution in [0, 0.1) is 18.3 Å². The Labute approximate surface area is 81.1 Å². The molecule has 0 aliphatic rings. The number of carbonyl (C=O) groups is 1. The molecule has 2 heteroatoms. The van der Waals surface area contributed by atoms with Crippen LogP contribution in [0.2, 0.25) is 0 Å². The molecule has 0 aliphatic carbocycles. The van der Waals surface area contributed by atoms with Gasteiger partial charge in [-0.2, -0.15) is 0 Å². The molecule has 0 bridgehead atoms. The Morgan fingerprint density at radius 3 is 2.77 bits per heavy atom. The highest BCUT2D eigenvalue weighted by molar-refractivity contribution is 5.80. The number of terminal acetylenes is 1. The first-order chi connectivity index (χ1) is 6.16. The highest BCUT2D eigenvalue weighted by Gasteiger charge is 2.01. The number of hydrogen-bond acceptors (Lipinski definition) is 2. The Morgan fingerprint density at radius 1 is 1.54 bits per heavy atom. The van der Waals surface area contributed by atoms with E-state index in [2.05, 4.69) is 25.1 Å². The third kappa shape index (κ3) is 9.10. The average molecular weight is 181 g/mol. The molecule has 1 N–H and O–H groups in total. The third-order valence-electron chi connectivity index (χ3n) is 1.79. The summed E-state index contributed by atoms with van der Waals surface area (Å²) in [7, 11) is 0. The van der Waals surface area contributed by atoms with E-state index in [4.69, 9.17) is 6.42 Å². The van der Waals surface area contributed by atoms with Crippen molar-refractivity contribution in [2.24, 2.45) is 5.92 Å². The third-order valence-corrected chi connectivity index (χ3v) is 1.79. The second kappa shape index (κ2) is 7.82. The van der Waals surface area contributed by atoms with Crippen LogP contribution in [0.4, 0.5) is 0 Å². The molecule has 0 atom stereocenters. The van der Waals surface area contributed by atoms with Crippen molar-refractivity contribution in [2.45, 2.75) is 33.1 Å². The predicted octanol–water partition coefficient (Wildman–Crippen LogP) is 1.60. The Hall–Kier alpha value is -0.810. The molecule has 0 heterocycles. The van der Waals surface area contributed by atoms with Gasteiger partial charge in [-0.3, -0.25) is 10.1 Å². The van der Waals surface area contributed by atoms with Gasteiger partial charge in [0.15, 0.2) is 0 Å². The van der Waals surface area contributed by atoms with E-state index < -0.39 is 0 Å². The fourth-order valence-corrected chi connectivity index (χ4v) is 1.07. The molecular formula is C11H19NO. The first-order valence-corrected chi connectivity index (χ1v) is 4.82. The van der Waals surface area contributed by atoms with Gasteiger partial charge in [-0.25, -0.2) is 0 Å². The van der Waals surface area contributed by atoms with Gasteiger partial charge in [0.05, 0.1) is 13.1 Å². The number of ketones is 1. The van der Waals surface area contributed by atoms with Gasteiger partial charge >= 0.3 is 0 Å². The maximum Gasteiger partial charge on any atom is 0.146 e. The zero-order valence-electron chi connectivity index (χ0n) is 8.60. The summed E-state index contributed by atoms with van der Waals surface area (Å²) >= 11 is 0. The smallest absolute Gasteiger partial charge is 0.146 e. The van der Waals surface area contributed by atoms with E-state index in [0.29, 0.717) is 25.4 Å². The lowest BCUT2D eigenvalue weighted by Gasteiger charge is -2.03. The van der Waals surface area contributed by atoms with Crippen LogP contribution in [0.25, 0.3) is 0 Å². The summed E-state index contributed by atoms with van der Waals surface area (Å²) in [6, 6.07) is 0. The van der Waals surface area contributed by atoms with Crippen molar-refractivity contribution >= 4 is 5.78 Å². The molecule has 0 rings (SSSR count). The van der Waals surface area contributed by atoms with Crippen molar-refractivity contribution in [3.63, 3.8) is 0 Å². The minimum Gasteiger partial charge on any atom is -0.299 e. The van der Waals surface area contributed by atoms with Gasteiger partial charge in [-0.1, -0.05) is 26.2 Å². The molecule has 0 unspecified atom stereocenters. The molecule has 0 spiro atoms. The largest absolute Gasteiger partial charge is 0.299 e. The number of Topliss-reactive ketones (excluding diaryl/α,β-unsaturated/α-hetero) is 1. The van der Waals surface area contributed by atoms with Crippen molar-refractivity contribution in [3.05, 3.63) is 0 Å². The second-order valence-corrected chi connectivity index (χ2v) is 3.63. The van der Waals surface area contributed by atoms with Crippen LogP contribution in [-0.4, -0.2) is 18.9 Å². The molecule has 0 aliphatic heterocycles. The molecule has 0 fully saturated rings. The van der Waals surface area contributed by atoms with Crippen molar-refractivity contribution in [3.8, 4) is 12.3 Å². The van der Waals surface area contributed by atoms with Gasteiger partial charge in [0.1, 0.15) is 5.78 Å². The summed E-state index contributed by atoms with van der Waals surface area (Å²) < 4.78 is 0. The van der Waals surface area contributed by atoms with Crippen molar-refractivity contribution in [1.82, 2.24) is 5.32 Å². The van der Waals surface area contributed by atoms with E-state index in [1.165, 1.54) is 0 Å². The summed E-state index contributed by atoms with van der Waals surface area (Å²) in [4.78, 5) is 11.2. The van der Waals surface area contributed by atoms with Gasteiger partial charge in [-0.15, -0.1) is 6.42 Å². The number of carbonyl (C=O) groups excluding carboxylic acids is 1. The molecule has 13 heavy (non-hydrogen) atoms. The summed E-state index contributed by atoms with van der Waals surface area (Å²) in [6.45, 7) is 5.24. The zero-order valence-corrected chi connectivity index (χ0v) is 8.60. The Morgan fingerprint density at radius 2 is 2.23 bits per heavy atom. The van der Waals surface area contributed by atoms with Crippen LogP contribution in [0.15, 0.2) is 0 Å². The van der Waals surface area contributed by atoms with Gasteiger partial charge in [0.2, 0.25) is 0 Å². The maximum absolute atomic E-state index is 11.2. The van der Waals surface area contributed by atoms with Crippen LogP contribution in [0.5, 0.6) is 0 Å². The van der Waals surface area contributed by atoms with Crippen LogP contribution >= 0.6 is 0 Å². The van der Waals surface area contributed by atoms with Gasteiger partial charge in [0.25, 0.3) is 0 Å². The van der Waals surface area contributed by atoms with Gasteiger partial charge in [0, 0.05) is 6.42 Å². The zero-order chi connectivity index (χ0) is 10.1. The molecule has 0 radical (unpaired) electrons. The molecule has 2 nitrogen and oxygen atoms in total. The monoisotopic (exact) mass is 181 g/mol. The van der Waals surface area contributed by atoms with E-state index in [0.717, 1.165) is 12.8 Å². The highest BCUT2D eigenvalue weighted by atomic mass is 16.1. The van der Waals surface area contributed by atoms with Crippen molar-refractivity contribution in [1.29, 1.82) is 0 Å². The van der Waals surface area contributed by atoms with Crippen LogP contribution in [0.1, 0.15) is 33.1 Å².